The van der Waals surface area contributed by atoms with Gasteiger partial charge in [-0.25, -0.2) is 0 Å². The van der Waals surface area contributed by atoms with E-state index in [-0.39, 0.29) is 10.7 Å². The molecule has 0 atom stereocenters. The number of hydrogen-bond acceptors (Lipinski definition) is 7. The van der Waals surface area contributed by atoms with Gasteiger partial charge in [0.05, 0.1) is 35.2 Å². The zero-order chi connectivity index (χ0) is 22.2. The van der Waals surface area contributed by atoms with Crippen molar-refractivity contribution in [1.29, 1.82) is 5.41 Å². The van der Waals surface area contributed by atoms with Gasteiger partial charge in [-0.1, -0.05) is 48.0 Å². The Morgan fingerprint density at radius 1 is 1.16 bits per heavy atom. The Bertz CT molecular complexity index is 856. The largest absolute Gasteiger partial charge is 0.397 e. The highest BCUT2D eigenvalue weighted by Gasteiger charge is 2.22. The molecule has 6 N–H and O–H groups in total. The number of nitrogens with zero attached hydrogens (tertiary/aromatic N) is 2. The molecule has 2 aliphatic rings. The van der Waals surface area contributed by atoms with Crippen LogP contribution in [0, 0.1) is 5.41 Å². The average Bonchev–Trinajstić information content (AvgIpc) is 2.81. The summed E-state index contributed by atoms with van der Waals surface area (Å²) < 4.78 is 5.39. The number of benzene rings is 1. The van der Waals surface area contributed by atoms with Gasteiger partial charge < -0.3 is 26.4 Å². The molecule has 1 aromatic carbocycles. The standard InChI is InChI=1S/C23H33ClN6O/c1-29-11-13-30(14-12-29)10-9-28-23(27)19(21(25)18-7-15-31-16-8-18)20(24)22(26)17-5-3-2-4-6-17/h2-7,25,28H,8-16,26-27H2,1H3/b22-20+,23-19-,25-21?. The quantitative estimate of drug-likeness (QED) is 0.361. The van der Waals surface area contributed by atoms with Crippen LogP contribution in [-0.4, -0.2) is 75.0 Å². The van der Waals surface area contributed by atoms with Gasteiger partial charge in [0.15, 0.2) is 0 Å². The fraction of sp³-hybridized carbons (Fsp3) is 0.435. The third-order valence-electron chi connectivity index (χ3n) is 5.68. The highest BCUT2D eigenvalue weighted by molar-refractivity contribution is 6.39. The molecular formula is C23H33ClN6O. The number of nitrogens with one attached hydrogen (secondary N) is 2. The normalized spacial score (nSPS) is 19.9. The van der Waals surface area contributed by atoms with Crippen molar-refractivity contribution in [3.63, 3.8) is 0 Å². The molecule has 0 radical (unpaired) electrons. The molecule has 0 bridgehead atoms. The van der Waals surface area contributed by atoms with Crippen LogP contribution < -0.4 is 16.8 Å². The zero-order valence-electron chi connectivity index (χ0n) is 18.2. The summed E-state index contributed by atoms with van der Waals surface area (Å²) in [7, 11) is 2.14. The number of nitrogens with two attached hydrogens (primary N) is 2. The molecule has 2 aliphatic heterocycles. The first-order chi connectivity index (χ1) is 15.0. The maximum Gasteiger partial charge on any atom is 0.107 e. The first kappa shape index (κ1) is 23.3. The van der Waals surface area contributed by atoms with Crippen molar-refractivity contribution < 1.29 is 4.74 Å². The van der Waals surface area contributed by atoms with Gasteiger partial charge in [-0.05, 0) is 24.6 Å². The van der Waals surface area contributed by atoms with E-state index >= 15 is 0 Å². The minimum absolute atomic E-state index is 0.285. The fourth-order valence-electron chi connectivity index (χ4n) is 3.66. The second-order valence-corrected chi connectivity index (χ2v) is 8.26. The van der Waals surface area contributed by atoms with Gasteiger partial charge in [0.25, 0.3) is 0 Å². The molecule has 7 nitrogen and oxygen atoms in total. The molecule has 1 aromatic rings. The number of halogens is 1. The molecule has 3 rings (SSSR count). The van der Waals surface area contributed by atoms with Crippen molar-refractivity contribution in [1.82, 2.24) is 15.1 Å². The lowest BCUT2D eigenvalue weighted by molar-refractivity contribution is 0.155. The van der Waals surface area contributed by atoms with Crippen LogP contribution in [0.25, 0.3) is 5.70 Å². The van der Waals surface area contributed by atoms with E-state index < -0.39 is 0 Å². The van der Waals surface area contributed by atoms with Gasteiger partial charge in [0, 0.05) is 39.3 Å². The molecule has 31 heavy (non-hydrogen) atoms. The molecule has 0 spiro atoms. The van der Waals surface area contributed by atoms with Gasteiger partial charge in [-0.2, -0.15) is 0 Å². The molecule has 8 heteroatoms. The number of likely N-dealkylation sites (N-methyl/N-ethyl adjacent to an activating group) is 1. The second kappa shape index (κ2) is 11.3. The minimum atomic E-state index is 0.285. The lowest BCUT2D eigenvalue weighted by Gasteiger charge is -2.32. The molecule has 0 amide bonds. The van der Waals surface area contributed by atoms with Crippen LogP contribution in [0.3, 0.4) is 0 Å². The molecule has 1 fully saturated rings. The van der Waals surface area contributed by atoms with E-state index in [9.17, 15) is 0 Å². The Balaban J connectivity index is 1.82. The predicted molar refractivity (Wildman–Crippen MR) is 128 cm³/mol. The molecular weight excluding hydrogens is 412 g/mol. The molecule has 168 valence electrons. The van der Waals surface area contributed by atoms with E-state index in [0.717, 1.165) is 43.9 Å². The highest BCUT2D eigenvalue weighted by atomic mass is 35.5. The minimum Gasteiger partial charge on any atom is -0.397 e. The van der Waals surface area contributed by atoms with Crippen LogP contribution in [-0.2, 0) is 4.74 Å². The van der Waals surface area contributed by atoms with Gasteiger partial charge in [0.1, 0.15) is 5.82 Å². The lowest BCUT2D eigenvalue weighted by Crippen LogP contribution is -2.46. The Hall–Kier alpha value is -2.32. The first-order valence-electron chi connectivity index (χ1n) is 10.7. The highest BCUT2D eigenvalue weighted by Crippen LogP contribution is 2.28. The van der Waals surface area contributed by atoms with Crippen LogP contribution in [0.5, 0.6) is 0 Å². The van der Waals surface area contributed by atoms with Crippen molar-refractivity contribution in [3.05, 3.63) is 64.0 Å². The number of rotatable bonds is 8. The summed E-state index contributed by atoms with van der Waals surface area (Å²) in [5, 5.41) is 12.4. The van der Waals surface area contributed by atoms with E-state index in [2.05, 4.69) is 22.2 Å². The fourth-order valence-corrected chi connectivity index (χ4v) is 3.97. The van der Waals surface area contributed by atoms with E-state index in [1.54, 1.807) is 0 Å². The topological polar surface area (TPSA) is 104 Å². The lowest BCUT2D eigenvalue weighted by atomic mass is 9.96. The Morgan fingerprint density at radius 3 is 2.52 bits per heavy atom. The molecule has 0 unspecified atom stereocenters. The summed E-state index contributed by atoms with van der Waals surface area (Å²) in [6, 6.07) is 9.51. The van der Waals surface area contributed by atoms with Crippen molar-refractivity contribution in [3.8, 4) is 0 Å². The maximum atomic E-state index is 8.82. The average molecular weight is 445 g/mol. The number of ether oxygens (including phenoxy) is 1. The maximum absolute atomic E-state index is 8.82. The number of hydrogen-bond donors (Lipinski definition) is 4. The van der Waals surface area contributed by atoms with Gasteiger partial charge in [0.2, 0.25) is 0 Å². The van der Waals surface area contributed by atoms with Crippen LogP contribution in [0.1, 0.15) is 12.0 Å². The van der Waals surface area contributed by atoms with Crippen LogP contribution in [0.15, 0.2) is 58.4 Å². The summed E-state index contributed by atoms with van der Waals surface area (Å²) in [6.07, 6.45) is 2.55. The second-order valence-electron chi connectivity index (χ2n) is 7.88. The predicted octanol–water partition coefficient (Wildman–Crippen LogP) is 1.93. The van der Waals surface area contributed by atoms with Crippen molar-refractivity contribution in [2.45, 2.75) is 6.42 Å². The smallest absolute Gasteiger partial charge is 0.107 e. The molecule has 0 aliphatic carbocycles. The first-order valence-corrected chi connectivity index (χ1v) is 11.1. The van der Waals surface area contributed by atoms with Crippen molar-refractivity contribution >= 4 is 23.0 Å². The molecule has 2 heterocycles. The zero-order valence-corrected chi connectivity index (χ0v) is 18.9. The summed E-state index contributed by atoms with van der Waals surface area (Å²) in [5.74, 6) is 0.371. The van der Waals surface area contributed by atoms with E-state index in [4.69, 9.17) is 33.2 Å². The third-order valence-corrected chi connectivity index (χ3v) is 6.08. The number of piperazine rings is 1. The van der Waals surface area contributed by atoms with Crippen LogP contribution >= 0.6 is 11.6 Å². The third kappa shape index (κ3) is 6.33. The Kier molecular flexibility index (Phi) is 8.54. The van der Waals surface area contributed by atoms with E-state index in [0.29, 0.717) is 43.3 Å². The van der Waals surface area contributed by atoms with Crippen LogP contribution in [0.2, 0.25) is 0 Å². The summed E-state index contributed by atoms with van der Waals surface area (Å²) in [5.41, 5.74) is 15.6. The van der Waals surface area contributed by atoms with Crippen LogP contribution in [0.4, 0.5) is 0 Å². The number of allylic oxidation sites excluding steroid dienone is 2. The van der Waals surface area contributed by atoms with E-state index in [1.165, 1.54) is 0 Å². The molecule has 1 saturated heterocycles. The van der Waals surface area contributed by atoms with Gasteiger partial charge >= 0.3 is 0 Å². The Morgan fingerprint density at radius 2 is 1.87 bits per heavy atom. The SMILES string of the molecule is CN1CCN(CCN/C(N)=C(C(=N)C2=CCOCC2)/C(Cl)=C(\N)c2ccccc2)CC1. The van der Waals surface area contributed by atoms with Crippen molar-refractivity contribution in [2.24, 2.45) is 11.5 Å². The van der Waals surface area contributed by atoms with Gasteiger partial charge in [-0.15, -0.1) is 0 Å². The van der Waals surface area contributed by atoms with E-state index in [1.807, 2.05) is 36.4 Å². The van der Waals surface area contributed by atoms with Crippen molar-refractivity contribution in [2.75, 3.05) is 59.5 Å². The monoisotopic (exact) mass is 444 g/mol. The summed E-state index contributed by atoms with van der Waals surface area (Å²) >= 11 is 6.75. The molecule has 0 aromatic heterocycles. The summed E-state index contributed by atoms with van der Waals surface area (Å²) in [6.45, 7) is 6.83. The molecule has 0 saturated carbocycles. The Labute approximate surface area is 189 Å². The summed E-state index contributed by atoms with van der Waals surface area (Å²) in [4.78, 5) is 4.73. The van der Waals surface area contributed by atoms with Gasteiger partial charge in [-0.3, -0.25) is 10.3 Å².